The highest BCUT2D eigenvalue weighted by molar-refractivity contribution is 5.86. The van der Waals surface area contributed by atoms with Crippen molar-refractivity contribution in [3.05, 3.63) is 35.4 Å². The average molecular weight is 248 g/mol. The van der Waals surface area contributed by atoms with Crippen LogP contribution in [0.3, 0.4) is 0 Å². The summed E-state index contributed by atoms with van der Waals surface area (Å²) >= 11 is 0. The highest BCUT2D eigenvalue weighted by Crippen LogP contribution is 2.23. The summed E-state index contributed by atoms with van der Waals surface area (Å²) < 4.78 is 4.76. The molecule has 1 atom stereocenters. The van der Waals surface area contributed by atoms with Gasteiger partial charge >= 0.3 is 5.97 Å². The zero-order valence-corrected chi connectivity index (χ0v) is 10.3. The zero-order chi connectivity index (χ0) is 13.1. The van der Waals surface area contributed by atoms with Gasteiger partial charge in [-0.1, -0.05) is 24.3 Å². The van der Waals surface area contributed by atoms with Crippen molar-refractivity contribution in [3.63, 3.8) is 0 Å². The fourth-order valence-corrected chi connectivity index (χ4v) is 2.25. The van der Waals surface area contributed by atoms with Crippen LogP contribution in [0, 0.1) is 0 Å². The maximum atomic E-state index is 11.8. The number of hydrogen-bond donors (Lipinski definition) is 1. The molecule has 0 aromatic heterocycles. The Kier molecular flexibility index (Phi) is 3.62. The number of nitrogens with zero attached hydrogens (tertiary/aromatic N) is 1. The van der Waals surface area contributed by atoms with Crippen molar-refractivity contribution < 1.29 is 14.3 Å². The molecule has 96 valence electrons. The number of fused-ring (bicyclic) bond motifs is 1. The van der Waals surface area contributed by atoms with E-state index in [2.05, 4.69) is 0 Å². The normalized spacial score (nSPS) is 18.1. The van der Waals surface area contributed by atoms with E-state index in [4.69, 9.17) is 10.5 Å². The Bertz CT molecular complexity index is 430. The molecule has 1 aliphatic rings. The van der Waals surface area contributed by atoms with E-state index in [1.54, 1.807) is 0 Å². The summed E-state index contributed by atoms with van der Waals surface area (Å²) in [5, 5.41) is 0. The summed E-state index contributed by atoms with van der Waals surface area (Å²) in [5.41, 5.74) is 7.52. The fraction of sp³-hybridized carbons (Fsp3) is 0.385. The molecular formula is C13H16N2O3. The number of hydrogen-bond acceptors (Lipinski definition) is 4. The van der Waals surface area contributed by atoms with Crippen molar-refractivity contribution in [1.82, 2.24) is 4.90 Å². The second kappa shape index (κ2) is 5.18. The molecule has 18 heavy (non-hydrogen) atoms. The van der Waals surface area contributed by atoms with Crippen molar-refractivity contribution in [2.75, 3.05) is 13.7 Å². The number of methoxy groups -OCH3 is 1. The predicted octanol–water partition coefficient (Wildman–Crippen LogP) is 0.0716. The summed E-state index contributed by atoms with van der Waals surface area (Å²) in [6.45, 7) is 0.307. The monoisotopic (exact) mass is 248 g/mol. The first-order valence-corrected chi connectivity index (χ1v) is 5.81. The molecule has 5 heteroatoms. The molecule has 2 rings (SSSR count). The number of rotatable bonds is 2. The molecule has 1 aliphatic heterocycles. The van der Waals surface area contributed by atoms with E-state index in [1.807, 2.05) is 24.3 Å². The molecule has 1 heterocycles. The van der Waals surface area contributed by atoms with E-state index in [0.717, 1.165) is 11.1 Å². The van der Waals surface area contributed by atoms with Gasteiger partial charge in [0.15, 0.2) is 0 Å². The number of nitrogens with two attached hydrogens (primary N) is 1. The zero-order valence-electron chi connectivity index (χ0n) is 10.3. The number of esters is 1. The summed E-state index contributed by atoms with van der Waals surface area (Å²) in [4.78, 5) is 25.0. The van der Waals surface area contributed by atoms with Crippen LogP contribution >= 0.6 is 0 Å². The Hall–Kier alpha value is -1.88. The topological polar surface area (TPSA) is 72.6 Å². The van der Waals surface area contributed by atoms with Gasteiger partial charge in [0.2, 0.25) is 5.91 Å². The molecule has 0 saturated heterocycles. The Morgan fingerprint density at radius 2 is 2.06 bits per heavy atom. The van der Waals surface area contributed by atoms with Gasteiger partial charge in [-0.3, -0.25) is 4.79 Å². The molecule has 1 aromatic carbocycles. The summed E-state index contributed by atoms with van der Waals surface area (Å²) in [6.07, 6.45) is 0.481. The minimum Gasteiger partial charge on any atom is -0.467 e. The van der Waals surface area contributed by atoms with Crippen molar-refractivity contribution >= 4 is 11.9 Å². The molecular weight excluding hydrogens is 232 g/mol. The number of amides is 1. The molecule has 0 aliphatic carbocycles. The predicted molar refractivity (Wildman–Crippen MR) is 65.6 cm³/mol. The molecule has 0 radical (unpaired) electrons. The Labute approximate surface area is 106 Å². The van der Waals surface area contributed by atoms with Crippen molar-refractivity contribution in [2.24, 2.45) is 5.73 Å². The summed E-state index contributed by atoms with van der Waals surface area (Å²) in [7, 11) is 1.33. The highest BCUT2D eigenvalue weighted by Gasteiger charge is 2.34. The Morgan fingerprint density at radius 3 is 2.67 bits per heavy atom. The molecule has 0 fully saturated rings. The number of carbonyl (C=O) groups excluding carboxylic acids is 2. The van der Waals surface area contributed by atoms with Gasteiger partial charge in [0.05, 0.1) is 13.7 Å². The van der Waals surface area contributed by atoms with Gasteiger partial charge in [0, 0.05) is 13.0 Å². The van der Waals surface area contributed by atoms with Gasteiger partial charge < -0.3 is 15.4 Å². The lowest BCUT2D eigenvalue weighted by molar-refractivity contribution is -0.153. The van der Waals surface area contributed by atoms with Crippen LogP contribution in [0.1, 0.15) is 11.1 Å². The third-order valence-corrected chi connectivity index (χ3v) is 3.22. The lowest BCUT2D eigenvalue weighted by Gasteiger charge is -2.34. The molecule has 1 amide bonds. The van der Waals surface area contributed by atoms with E-state index < -0.39 is 12.0 Å². The van der Waals surface area contributed by atoms with Gasteiger partial charge in [-0.05, 0) is 11.1 Å². The van der Waals surface area contributed by atoms with Crippen LogP contribution in [0.25, 0.3) is 0 Å². The fourth-order valence-electron chi connectivity index (χ4n) is 2.25. The molecule has 0 bridgehead atoms. The maximum absolute atomic E-state index is 11.8. The number of ether oxygens (including phenoxy) is 1. The van der Waals surface area contributed by atoms with Crippen LogP contribution in [0.15, 0.2) is 24.3 Å². The largest absolute Gasteiger partial charge is 0.467 e. The molecule has 5 nitrogen and oxygen atoms in total. The van der Waals surface area contributed by atoms with E-state index in [0.29, 0.717) is 13.0 Å². The van der Waals surface area contributed by atoms with Crippen LogP contribution < -0.4 is 5.73 Å². The third kappa shape index (κ3) is 2.22. The number of carbonyl (C=O) groups is 2. The Balaban J connectivity index is 2.33. The van der Waals surface area contributed by atoms with E-state index in [9.17, 15) is 9.59 Å². The first kappa shape index (κ1) is 12.6. The quantitative estimate of drug-likeness (QED) is 0.752. The van der Waals surface area contributed by atoms with Crippen LogP contribution in [0.5, 0.6) is 0 Å². The smallest absolute Gasteiger partial charge is 0.328 e. The van der Waals surface area contributed by atoms with Crippen molar-refractivity contribution in [3.8, 4) is 0 Å². The first-order valence-electron chi connectivity index (χ1n) is 5.81. The summed E-state index contributed by atoms with van der Waals surface area (Å²) in [5.74, 6) is -0.633. The van der Waals surface area contributed by atoms with Crippen LogP contribution in [-0.2, 0) is 27.3 Å². The van der Waals surface area contributed by atoms with Gasteiger partial charge in [-0.15, -0.1) is 0 Å². The first-order chi connectivity index (χ1) is 8.67. The van der Waals surface area contributed by atoms with E-state index in [1.165, 1.54) is 12.0 Å². The average Bonchev–Trinajstić information content (AvgIpc) is 2.44. The van der Waals surface area contributed by atoms with Crippen LogP contribution in [0.4, 0.5) is 0 Å². The van der Waals surface area contributed by atoms with E-state index in [-0.39, 0.29) is 12.5 Å². The minimum atomic E-state index is -0.569. The minimum absolute atomic E-state index is 0.102. The third-order valence-electron chi connectivity index (χ3n) is 3.22. The maximum Gasteiger partial charge on any atom is 0.328 e. The van der Waals surface area contributed by atoms with Crippen molar-refractivity contribution in [1.29, 1.82) is 0 Å². The second-order valence-corrected chi connectivity index (χ2v) is 4.24. The van der Waals surface area contributed by atoms with Gasteiger partial charge in [-0.2, -0.15) is 0 Å². The molecule has 2 N–H and O–H groups in total. The number of benzene rings is 1. The lowest BCUT2D eigenvalue weighted by atomic mass is 9.94. The highest BCUT2D eigenvalue weighted by atomic mass is 16.5. The van der Waals surface area contributed by atoms with Gasteiger partial charge in [0.1, 0.15) is 6.04 Å². The van der Waals surface area contributed by atoms with Gasteiger partial charge in [0.25, 0.3) is 0 Å². The van der Waals surface area contributed by atoms with Gasteiger partial charge in [-0.25, -0.2) is 4.79 Å². The summed E-state index contributed by atoms with van der Waals surface area (Å²) in [6, 6.07) is 7.20. The lowest BCUT2D eigenvalue weighted by Crippen LogP contribution is -2.50. The standard InChI is InChI=1S/C13H16N2O3/c1-18-13(17)11-6-9-4-2-3-5-10(9)8-15(11)12(16)7-14/h2-5,11H,6-8,14H2,1H3. The van der Waals surface area contributed by atoms with Crippen LogP contribution in [-0.4, -0.2) is 36.5 Å². The Morgan fingerprint density at radius 1 is 1.39 bits per heavy atom. The molecule has 1 aromatic rings. The SMILES string of the molecule is COC(=O)C1Cc2ccccc2CN1C(=O)CN. The van der Waals surface area contributed by atoms with Crippen LogP contribution in [0.2, 0.25) is 0 Å². The van der Waals surface area contributed by atoms with E-state index >= 15 is 0 Å². The molecule has 1 unspecified atom stereocenters. The molecule has 0 saturated carbocycles. The van der Waals surface area contributed by atoms with Crippen molar-refractivity contribution in [2.45, 2.75) is 19.0 Å². The second-order valence-electron chi connectivity index (χ2n) is 4.24. The molecule has 0 spiro atoms.